The molecule has 0 radical (unpaired) electrons. The molecule has 1 aliphatic heterocycles. The largest absolute Gasteiger partial charge is 0.317 e. The standard InChI is InChI=1S/C14H20FNO2S/c1-11(13-6-8-16-9-7-13)19(17,18)10-12-2-4-14(15)5-3-12/h2-5,11,13,16H,6-10H2,1H3. The van der Waals surface area contributed by atoms with E-state index in [0.29, 0.717) is 5.56 Å². The number of halogens is 1. The van der Waals surface area contributed by atoms with E-state index in [-0.39, 0.29) is 22.7 Å². The first-order chi connectivity index (χ1) is 8.99. The fourth-order valence-corrected chi connectivity index (χ4v) is 4.33. The van der Waals surface area contributed by atoms with Gasteiger partial charge in [0.25, 0.3) is 0 Å². The maximum absolute atomic E-state index is 12.8. The summed E-state index contributed by atoms with van der Waals surface area (Å²) in [5.74, 6) is -0.113. The molecule has 0 bridgehead atoms. The predicted molar refractivity (Wildman–Crippen MR) is 74.1 cm³/mol. The molecule has 1 aromatic rings. The molecule has 3 nitrogen and oxygen atoms in total. The van der Waals surface area contributed by atoms with Gasteiger partial charge in [-0.3, -0.25) is 0 Å². The smallest absolute Gasteiger partial charge is 0.157 e. The molecule has 1 fully saturated rings. The Balaban J connectivity index is 2.06. The normalized spacial score (nSPS) is 19.3. The highest BCUT2D eigenvalue weighted by molar-refractivity contribution is 7.91. The Hall–Kier alpha value is -0.940. The lowest BCUT2D eigenvalue weighted by Crippen LogP contribution is -2.36. The third-order valence-electron chi connectivity index (χ3n) is 3.90. The van der Waals surface area contributed by atoms with Crippen molar-refractivity contribution in [2.45, 2.75) is 30.8 Å². The number of hydrogen-bond acceptors (Lipinski definition) is 3. The lowest BCUT2D eigenvalue weighted by Gasteiger charge is -2.28. The van der Waals surface area contributed by atoms with Crippen LogP contribution in [0.15, 0.2) is 24.3 Å². The number of hydrogen-bond donors (Lipinski definition) is 1. The van der Waals surface area contributed by atoms with E-state index < -0.39 is 9.84 Å². The van der Waals surface area contributed by atoms with Crippen LogP contribution in [-0.4, -0.2) is 26.8 Å². The van der Waals surface area contributed by atoms with Gasteiger partial charge in [0, 0.05) is 0 Å². The van der Waals surface area contributed by atoms with Crippen LogP contribution in [0, 0.1) is 11.7 Å². The molecule has 0 aromatic heterocycles. The SMILES string of the molecule is CC(C1CCNCC1)S(=O)(=O)Cc1ccc(F)cc1. The second-order valence-corrected chi connectivity index (χ2v) is 7.58. The summed E-state index contributed by atoms with van der Waals surface area (Å²) in [6.45, 7) is 3.58. The Bertz CT molecular complexity index is 507. The molecule has 1 aliphatic rings. The van der Waals surface area contributed by atoms with Gasteiger partial charge in [0.15, 0.2) is 9.84 Å². The second kappa shape index (κ2) is 6.01. The third kappa shape index (κ3) is 3.76. The van der Waals surface area contributed by atoms with Gasteiger partial charge in [-0.25, -0.2) is 12.8 Å². The first-order valence-electron chi connectivity index (χ1n) is 6.66. The first kappa shape index (κ1) is 14.5. The van der Waals surface area contributed by atoms with E-state index >= 15 is 0 Å². The molecule has 106 valence electrons. The Kier molecular flexibility index (Phi) is 4.58. The summed E-state index contributed by atoms with van der Waals surface area (Å²) in [6, 6.07) is 5.70. The van der Waals surface area contributed by atoms with Crippen molar-refractivity contribution in [2.24, 2.45) is 5.92 Å². The summed E-state index contributed by atoms with van der Waals surface area (Å²) in [7, 11) is -3.18. The molecule has 0 saturated carbocycles. The number of sulfone groups is 1. The molecule has 1 aromatic carbocycles. The minimum absolute atomic E-state index is 0.00161. The fraction of sp³-hybridized carbons (Fsp3) is 0.571. The second-order valence-electron chi connectivity index (χ2n) is 5.23. The van der Waals surface area contributed by atoms with Gasteiger partial charge in [-0.15, -0.1) is 0 Å². The lowest BCUT2D eigenvalue weighted by molar-refractivity contribution is 0.363. The quantitative estimate of drug-likeness (QED) is 0.922. The summed E-state index contributed by atoms with van der Waals surface area (Å²) < 4.78 is 37.6. The van der Waals surface area contributed by atoms with Crippen molar-refractivity contribution in [3.63, 3.8) is 0 Å². The molecule has 1 unspecified atom stereocenters. The molecule has 19 heavy (non-hydrogen) atoms. The molecular weight excluding hydrogens is 265 g/mol. The van der Waals surface area contributed by atoms with Crippen LogP contribution in [-0.2, 0) is 15.6 Å². The third-order valence-corrected chi connectivity index (χ3v) is 6.15. The monoisotopic (exact) mass is 285 g/mol. The zero-order valence-electron chi connectivity index (χ0n) is 11.1. The number of rotatable bonds is 4. The summed E-state index contributed by atoms with van der Waals surface area (Å²) in [6.07, 6.45) is 1.81. The fourth-order valence-electron chi connectivity index (χ4n) is 2.55. The van der Waals surface area contributed by atoms with E-state index in [1.165, 1.54) is 12.1 Å². The molecule has 0 aliphatic carbocycles. The highest BCUT2D eigenvalue weighted by Gasteiger charge is 2.30. The number of nitrogens with one attached hydrogen (secondary N) is 1. The molecule has 0 spiro atoms. The lowest BCUT2D eigenvalue weighted by atomic mass is 9.95. The van der Waals surface area contributed by atoms with Crippen LogP contribution in [0.5, 0.6) is 0 Å². The van der Waals surface area contributed by atoms with E-state index in [0.717, 1.165) is 25.9 Å². The van der Waals surface area contributed by atoms with E-state index in [2.05, 4.69) is 5.32 Å². The van der Waals surface area contributed by atoms with Gasteiger partial charge >= 0.3 is 0 Å². The van der Waals surface area contributed by atoms with Crippen molar-refractivity contribution in [2.75, 3.05) is 13.1 Å². The van der Waals surface area contributed by atoms with Gasteiger partial charge in [0.2, 0.25) is 0 Å². The summed E-state index contributed by atoms with van der Waals surface area (Å²) in [5.41, 5.74) is 0.655. The van der Waals surface area contributed by atoms with E-state index in [9.17, 15) is 12.8 Å². The van der Waals surface area contributed by atoms with E-state index in [1.54, 1.807) is 19.1 Å². The van der Waals surface area contributed by atoms with Gasteiger partial charge in [-0.1, -0.05) is 12.1 Å². The summed E-state index contributed by atoms with van der Waals surface area (Å²) >= 11 is 0. The van der Waals surface area contributed by atoms with Gasteiger partial charge in [-0.2, -0.15) is 0 Å². The highest BCUT2D eigenvalue weighted by atomic mass is 32.2. The summed E-state index contributed by atoms with van der Waals surface area (Å²) in [5, 5.41) is 2.91. The van der Waals surface area contributed by atoms with Gasteiger partial charge in [0.1, 0.15) is 5.82 Å². The van der Waals surface area contributed by atoms with Crippen LogP contribution < -0.4 is 5.32 Å². The van der Waals surface area contributed by atoms with E-state index in [1.807, 2.05) is 0 Å². The molecule has 1 heterocycles. The van der Waals surface area contributed by atoms with Gasteiger partial charge in [-0.05, 0) is 56.5 Å². The van der Waals surface area contributed by atoms with Crippen LogP contribution in [0.4, 0.5) is 4.39 Å². The Morgan fingerprint density at radius 1 is 1.26 bits per heavy atom. The van der Waals surface area contributed by atoms with Gasteiger partial charge in [0.05, 0.1) is 11.0 Å². The van der Waals surface area contributed by atoms with Crippen molar-refractivity contribution in [1.29, 1.82) is 0 Å². The molecule has 2 rings (SSSR count). The Morgan fingerprint density at radius 3 is 2.42 bits per heavy atom. The highest BCUT2D eigenvalue weighted by Crippen LogP contribution is 2.24. The van der Waals surface area contributed by atoms with Gasteiger partial charge < -0.3 is 5.32 Å². The number of piperidine rings is 1. The van der Waals surface area contributed by atoms with Crippen LogP contribution in [0.2, 0.25) is 0 Å². The molecule has 1 N–H and O–H groups in total. The zero-order chi connectivity index (χ0) is 13.9. The molecule has 1 atom stereocenters. The average molecular weight is 285 g/mol. The van der Waals surface area contributed by atoms with Crippen LogP contribution in [0.25, 0.3) is 0 Å². The molecule has 1 saturated heterocycles. The zero-order valence-corrected chi connectivity index (χ0v) is 11.9. The average Bonchev–Trinajstić information content (AvgIpc) is 2.41. The van der Waals surface area contributed by atoms with Crippen LogP contribution >= 0.6 is 0 Å². The molecular formula is C14H20FNO2S. The topological polar surface area (TPSA) is 46.2 Å². The predicted octanol–water partition coefficient (Wildman–Crippen LogP) is 2.13. The van der Waals surface area contributed by atoms with Crippen LogP contribution in [0.3, 0.4) is 0 Å². The minimum Gasteiger partial charge on any atom is -0.317 e. The minimum atomic E-state index is -3.18. The van der Waals surface area contributed by atoms with Crippen molar-refractivity contribution in [1.82, 2.24) is 5.32 Å². The maximum atomic E-state index is 12.8. The van der Waals surface area contributed by atoms with Crippen molar-refractivity contribution in [3.05, 3.63) is 35.6 Å². The van der Waals surface area contributed by atoms with Crippen molar-refractivity contribution < 1.29 is 12.8 Å². The van der Waals surface area contributed by atoms with Crippen LogP contribution in [0.1, 0.15) is 25.3 Å². The van der Waals surface area contributed by atoms with Crippen molar-refractivity contribution >= 4 is 9.84 Å². The first-order valence-corrected chi connectivity index (χ1v) is 8.37. The molecule has 0 amide bonds. The van der Waals surface area contributed by atoms with E-state index in [4.69, 9.17) is 0 Å². The maximum Gasteiger partial charge on any atom is 0.157 e. The Labute approximate surface area is 114 Å². The summed E-state index contributed by atoms with van der Waals surface area (Å²) in [4.78, 5) is 0. The molecule has 5 heteroatoms. The van der Waals surface area contributed by atoms with Crippen molar-refractivity contribution in [3.8, 4) is 0 Å². The Morgan fingerprint density at radius 2 is 1.84 bits per heavy atom. The number of benzene rings is 1.